The van der Waals surface area contributed by atoms with Crippen molar-refractivity contribution < 1.29 is 19.5 Å². The van der Waals surface area contributed by atoms with E-state index >= 15 is 0 Å². The Morgan fingerprint density at radius 1 is 1.25 bits per heavy atom. The van der Waals surface area contributed by atoms with Crippen LogP contribution in [0.4, 0.5) is 5.69 Å². The van der Waals surface area contributed by atoms with Crippen LogP contribution in [0.1, 0.15) is 30.6 Å². The second kappa shape index (κ2) is 7.69. The smallest absolute Gasteiger partial charge is 0.304 e. The van der Waals surface area contributed by atoms with Crippen LogP contribution in [-0.4, -0.2) is 33.8 Å². The second-order valence-electron chi connectivity index (χ2n) is 4.40. The summed E-state index contributed by atoms with van der Waals surface area (Å²) < 4.78 is 0. The van der Waals surface area contributed by atoms with Crippen molar-refractivity contribution in [3.05, 3.63) is 29.8 Å². The summed E-state index contributed by atoms with van der Waals surface area (Å²) in [6.07, 6.45) is 0.0330. The van der Waals surface area contributed by atoms with Gasteiger partial charge in [0, 0.05) is 16.5 Å². The SMILES string of the molecule is CC(=O)c1ccc(NC(=O)CSC(C)CC(=O)O)cc1. The number of benzene rings is 1. The quantitative estimate of drug-likeness (QED) is 0.755. The van der Waals surface area contributed by atoms with Crippen LogP contribution in [-0.2, 0) is 9.59 Å². The number of carbonyl (C=O) groups is 3. The van der Waals surface area contributed by atoms with Crippen molar-refractivity contribution in [2.24, 2.45) is 0 Å². The Morgan fingerprint density at radius 3 is 2.35 bits per heavy atom. The third-order valence-electron chi connectivity index (χ3n) is 2.54. The minimum Gasteiger partial charge on any atom is -0.481 e. The Labute approximate surface area is 121 Å². The highest BCUT2D eigenvalue weighted by molar-refractivity contribution is 8.00. The van der Waals surface area contributed by atoms with Crippen LogP contribution in [0.2, 0.25) is 0 Å². The number of hydrogen-bond acceptors (Lipinski definition) is 4. The molecule has 0 saturated carbocycles. The van der Waals surface area contributed by atoms with E-state index in [1.54, 1.807) is 31.2 Å². The van der Waals surface area contributed by atoms with E-state index in [1.807, 2.05) is 0 Å². The average Bonchev–Trinajstić information content (AvgIpc) is 2.36. The zero-order valence-corrected chi connectivity index (χ0v) is 12.2. The molecule has 1 atom stereocenters. The number of nitrogens with one attached hydrogen (secondary N) is 1. The molecule has 5 nitrogen and oxygen atoms in total. The standard InChI is InChI=1S/C14H17NO4S/c1-9(7-14(18)19)20-8-13(17)15-12-5-3-11(4-6-12)10(2)16/h3-6,9H,7-8H2,1-2H3,(H,15,17)(H,18,19). The van der Waals surface area contributed by atoms with Crippen molar-refractivity contribution in [3.63, 3.8) is 0 Å². The molecule has 1 rings (SSSR count). The predicted octanol–water partition coefficient (Wildman–Crippen LogP) is 2.42. The topological polar surface area (TPSA) is 83.5 Å². The molecule has 1 unspecified atom stereocenters. The summed E-state index contributed by atoms with van der Waals surface area (Å²) >= 11 is 1.29. The van der Waals surface area contributed by atoms with Gasteiger partial charge in [0.1, 0.15) is 0 Å². The van der Waals surface area contributed by atoms with Crippen LogP contribution in [0.15, 0.2) is 24.3 Å². The van der Waals surface area contributed by atoms with Gasteiger partial charge in [-0.3, -0.25) is 14.4 Å². The van der Waals surface area contributed by atoms with Crippen molar-refractivity contribution in [2.75, 3.05) is 11.1 Å². The van der Waals surface area contributed by atoms with Gasteiger partial charge in [-0.15, -0.1) is 11.8 Å². The van der Waals surface area contributed by atoms with Gasteiger partial charge < -0.3 is 10.4 Å². The molecule has 2 N–H and O–H groups in total. The molecule has 0 radical (unpaired) electrons. The Bertz CT molecular complexity index is 498. The van der Waals surface area contributed by atoms with Gasteiger partial charge in [0.05, 0.1) is 12.2 Å². The van der Waals surface area contributed by atoms with Crippen molar-refractivity contribution >= 4 is 35.1 Å². The number of hydrogen-bond donors (Lipinski definition) is 2. The first-order valence-electron chi connectivity index (χ1n) is 6.12. The highest BCUT2D eigenvalue weighted by atomic mass is 32.2. The molecule has 108 valence electrons. The van der Waals surface area contributed by atoms with Gasteiger partial charge >= 0.3 is 5.97 Å². The van der Waals surface area contributed by atoms with Gasteiger partial charge in [0.2, 0.25) is 5.91 Å². The van der Waals surface area contributed by atoms with Gasteiger partial charge in [-0.25, -0.2) is 0 Å². The fourth-order valence-corrected chi connectivity index (χ4v) is 2.28. The Balaban J connectivity index is 2.42. The number of carbonyl (C=O) groups excluding carboxylic acids is 2. The molecule has 0 fully saturated rings. The van der Waals surface area contributed by atoms with E-state index in [-0.39, 0.29) is 29.1 Å². The third-order valence-corrected chi connectivity index (χ3v) is 3.70. The zero-order valence-electron chi connectivity index (χ0n) is 11.4. The molecular weight excluding hydrogens is 278 g/mol. The normalized spacial score (nSPS) is 11.7. The molecule has 0 saturated heterocycles. The lowest BCUT2D eigenvalue weighted by Gasteiger charge is -2.09. The van der Waals surface area contributed by atoms with E-state index in [2.05, 4.69) is 5.32 Å². The number of ketones is 1. The number of carboxylic acid groups (broad SMARTS) is 1. The number of Topliss-reactive ketones (excluding diaryl/α,β-unsaturated/α-hetero) is 1. The summed E-state index contributed by atoms with van der Waals surface area (Å²) in [4.78, 5) is 33.3. The summed E-state index contributed by atoms with van der Waals surface area (Å²) in [5.74, 6) is -0.892. The van der Waals surface area contributed by atoms with E-state index in [4.69, 9.17) is 5.11 Å². The number of carboxylic acids is 1. The maximum atomic E-state index is 11.7. The first-order chi connectivity index (χ1) is 9.38. The molecule has 1 amide bonds. The fourth-order valence-electron chi connectivity index (χ4n) is 1.51. The highest BCUT2D eigenvalue weighted by Crippen LogP contribution is 2.15. The van der Waals surface area contributed by atoms with Crippen LogP contribution in [0.3, 0.4) is 0 Å². The van der Waals surface area contributed by atoms with Gasteiger partial charge in [-0.1, -0.05) is 6.92 Å². The molecule has 0 spiro atoms. The molecule has 0 aliphatic rings. The van der Waals surface area contributed by atoms with E-state index in [0.717, 1.165) is 0 Å². The molecule has 0 aliphatic heterocycles. The predicted molar refractivity (Wildman–Crippen MR) is 79.2 cm³/mol. The molecule has 0 aromatic heterocycles. The maximum absolute atomic E-state index is 11.7. The highest BCUT2D eigenvalue weighted by Gasteiger charge is 2.11. The minimum absolute atomic E-state index is 0.0269. The largest absolute Gasteiger partial charge is 0.481 e. The molecular formula is C14H17NO4S. The van der Waals surface area contributed by atoms with Crippen LogP contribution in [0, 0.1) is 0 Å². The first-order valence-corrected chi connectivity index (χ1v) is 7.17. The molecule has 20 heavy (non-hydrogen) atoms. The molecule has 0 bridgehead atoms. The van der Waals surface area contributed by atoms with E-state index in [0.29, 0.717) is 11.3 Å². The summed E-state index contributed by atoms with van der Waals surface area (Å²) in [7, 11) is 0. The lowest BCUT2D eigenvalue weighted by Crippen LogP contribution is -2.16. The third kappa shape index (κ3) is 5.88. The van der Waals surface area contributed by atoms with E-state index in [9.17, 15) is 14.4 Å². The number of amides is 1. The maximum Gasteiger partial charge on any atom is 0.304 e. The number of anilines is 1. The van der Waals surface area contributed by atoms with Gasteiger partial charge in [0.25, 0.3) is 0 Å². The fraction of sp³-hybridized carbons (Fsp3) is 0.357. The molecule has 0 heterocycles. The first kappa shape index (κ1) is 16.2. The van der Waals surface area contributed by atoms with Crippen molar-refractivity contribution in [2.45, 2.75) is 25.5 Å². The summed E-state index contributed by atoms with van der Waals surface area (Å²) in [5.41, 5.74) is 1.21. The molecule has 1 aromatic rings. The lowest BCUT2D eigenvalue weighted by atomic mass is 10.1. The van der Waals surface area contributed by atoms with Gasteiger partial charge in [-0.05, 0) is 31.2 Å². The molecule has 6 heteroatoms. The van der Waals surface area contributed by atoms with Crippen molar-refractivity contribution in [1.82, 2.24) is 0 Å². The van der Waals surface area contributed by atoms with Crippen molar-refractivity contribution in [1.29, 1.82) is 0 Å². The van der Waals surface area contributed by atoms with Crippen LogP contribution < -0.4 is 5.32 Å². The Hall–Kier alpha value is -1.82. The van der Waals surface area contributed by atoms with Crippen LogP contribution >= 0.6 is 11.8 Å². The van der Waals surface area contributed by atoms with Crippen molar-refractivity contribution in [3.8, 4) is 0 Å². The Kier molecular flexibility index (Phi) is 6.24. The zero-order chi connectivity index (χ0) is 15.1. The average molecular weight is 295 g/mol. The monoisotopic (exact) mass is 295 g/mol. The van der Waals surface area contributed by atoms with E-state index < -0.39 is 5.97 Å². The molecule has 0 aliphatic carbocycles. The van der Waals surface area contributed by atoms with Crippen LogP contribution in [0.25, 0.3) is 0 Å². The number of rotatable bonds is 7. The Morgan fingerprint density at radius 2 is 1.85 bits per heavy atom. The van der Waals surface area contributed by atoms with Crippen LogP contribution in [0.5, 0.6) is 0 Å². The lowest BCUT2D eigenvalue weighted by molar-refractivity contribution is -0.136. The summed E-state index contributed by atoms with van der Waals surface area (Å²) in [6.45, 7) is 3.25. The summed E-state index contributed by atoms with van der Waals surface area (Å²) in [5, 5.41) is 11.2. The molecule has 1 aromatic carbocycles. The summed E-state index contributed by atoms with van der Waals surface area (Å²) in [6, 6.07) is 6.64. The second-order valence-corrected chi connectivity index (χ2v) is 5.83. The number of thioether (sulfide) groups is 1. The van der Waals surface area contributed by atoms with Gasteiger partial charge in [0.15, 0.2) is 5.78 Å². The van der Waals surface area contributed by atoms with E-state index in [1.165, 1.54) is 18.7 Å². The number of aliphatic carboxylic acids is 1. The van der Waals surface area contributed by atoms with Gasteiger partial charge in [-0.2, -0.15) is 0 Å². The minimum atomic E-state index is -0.870.